The molecule has 8 aromatic carbocycles. The molecule has 2 saturated heterocycles. The molecule has 3 heterocycles. The van der Waals surface area contributed by atoms with Crippen LogP contribution in [0.25, 0.3) is 10.9 Å². The van der Waals surface area contributed by atoms with Crippen LogP contribution in [0.5, 0.6) is 0 Å². The zero-order valence-corrected chi connectivity index (χ0v) is 45.8. The molecule has 8 atom stereocenters. The van der Waals surface area contributed by atoms with Gasteiger partial charge < -0.3 is 45.8 Å². The number of amides is 4. The first-order chi connectivity index (χ1) is 40.4. The summed E-state index contributed by atoms with van der Waals surface area (Å²) in [6, 6.07) is 66.4. The van der Waals surface area contributed by atoms with Gasteiger partial charge >= 0.3 is 12.1 Å². The molecule has 83 heavy (non-hydrogen) atoms. The Labute approximate surface area is 482 Å². The second kappa shape index (κ2) is 26.6. The number of aromatic nitrogens is 2. The number of hydrogen-bond acceptors (Lipinski definition) is 9. The van der Waals surface area contributed by atoms with Crippen molar-refractivity contribution in [2.45, 2.75) is 100 Å². The van der Waals surface area contributed by atoms with Crippen molar-refractivity contribution in [1.82, 2.24) is 29.8 Å². The number of hydrogen-bond donors (Lipinski definition) is 6. The molecule has 2 aliphatic rings. The number of carbonyl (C=O) groups is 2. The van der Waals surface area contributed by atoms with Crippen LogP contribution in [0, 0.1) is 17.1 Å². The number of urea groups is 2. The Hall–Kier alpha value is -9.17. The maximum absolute atomic E-state index is 14.7. The van der Waals surface area contributed by atoms with Gasteiger partial charge in [0.05, 0.1) is 35.2 Å². The monoisotopic (exact) mass is 1110 g/mol. The number of nitrogens with one attached hydrogen (secondary N) is 1. The molecule has 15 heteroatoms. The van der Waals surface area contributed by atoms with Crippen LogP contribution in [0.4, 0.5) is 19.8 Å². The number of halogens is 1. The number of aromatic amines is 1. The van der Waals surface area contributed by atoms with E-state index in [1.54, 1.807) is 25.7 Å². The SMILES string of the molecule is N#Cc1cc(CN2C(=O)N(Cc3ccccc3)[C@H](Cc3ccccc3)C(O)C(O)[C@H]2Cc2ccccc2)ccc1F.Nc1n[nH]c2ccc(CN3C(=O)N(Cc4ccccc4)[C@H](Cc4ccccc4)[C@H](O)[C@@H](O)[C@H]3Cc3ccccc3)cc12. The molecule has 9 aromatic rings. The maximum Gasteiger partial charge on any atom is 0.321 e. The lowest BCUT2D eigenvalue weighted by Gasteiger charge is -2.36. The number of fused-ring (bicyclic) bond motifs is 1. The van der Waals surface area contributed by atoms with Gasteiger partial charge in [-0.05, 0) is 94.5 Å². The first kappa shape index (κ1) is 57.1. The topological polar surface area (TPSA) is 207 Å². The summed E-state index contributed by atoms with van der Waals surface area (Å²) in [6.45, 7) is 0.772. The number of anilines is 1. The molecule has 0 spiro atoms. The Morgan fingerprint density at radius 3 is 1.07 bits per heavy atom. The minimum atomic E-state index is -1.27. The number of nitrogen functional groups attached to an aromatic ring is 1. The highest BCUT2D eigenvalue weighted by Gasteiger charge is 2.48. The molecular formula is C68H67FN8O6. The van der Waals surface area contributed by atoms with Crippen LogP contribution in [0.1, 0.15) is 50.1 Å². The molecular weight excluding hydrogens is 1040 g/mol. The van der Waals surface area contributed by atoms with E-state index in [1.165, 1.54) is 12.1 Å². The highest BCUT2D eigenvalue weighted by molar-refractivity contribution is 5.89. The number of benzene rings is 8. The van der Waals surface area contributed by atoms with Crippen LogP contribution in [-0.2, 0) is 51.9 Å². The number of aliphatic hydroxyl groups is 4. The van der Waals surface area contributed by atoms with Gasteiger partial charge in [-0.3, -0.25) is 5.10 Å². The third-order valence-corrected chi connectivity index (χ3v) is 15.9. The molecule has 0 radical (unpaired) electrons. The van der Waals surface area contributed by atoms with Gasteiger partial charge in [0.2, 0.25) is 0 Å². The fourth-order valence-corrected chi connectivity index (χ4v) is 11.5. The van der Waals surface area contributed by atoms with Crippen molar-refractivity contribution >= 4 is 28.8 Å². The standard InChI is InChI=1S/C34H32FN3O3.C34H35N5O3/c35-29-17-16-27(18-28(29)21-36)23-38-31(20-25-12-6-2-7-13-25)33(40)32(39)30(19-24-10-4-1-5-11-24)37(34(38)41)22-26-14-8-3-9-15-26;35-33-27-18-26(16-17-28(27)36-37-33)22-39-30(20-24-12-6-2-7-13-24)32(41)31(40)29(19-23-10-4-1-5-11-23)38(34(39)42)21-25-14-8-3-9-15-25/h1-18,30-33,39-40H,19-20,22-23H2;1-18,29-32,40-41H,19-22H2,(H3,35,36,37)/t30-,31-,32?,33?;29-,30-,31+,32+/m11/s1. The molecule has 2 fully saturated rings. The molecule has 0 saturated carbocycles. The van der Waals surface area contributed by atoms with Crippen LogP contribution in [-0.4, -0.2) is 111 Å². The predicted octanol–water partition coefficient (Wildman–Crippen LogP) is 9.61. The quantitative estimate of drug-likeness (QED) is 0.0544. The second-order valence-electron chi connectivity index (χ2n) is 21.5. The lowest BCUT2D eigenvalue weighted by atomic mass is 9.91. The zero-order valence-electron chi connectivity index (χ0n) is 45.8. The van der Waals surface area contributed by atoms with Gasteiger partial charge in [0.1, 0.15) is 36.3 Å². The number of nitrogens with zero attached hydrogens (tertiary/aromatic N) is 6. The van der Waals surface area contributed by atoms with Crippen molar-refractivity contribution in [3.8, 4) is 6.07 Å². The smallest absolute Gasteiger partial charge is 0.321 e. The van der Waals surface area contributed by atoms with Crippen molar-refractivity contribution in [3.05, 3.63) is 274 Å². The Morgan fingerprint density at radius 2 is 0.735 bits per heavy atom. The zero-order chi connectivity index (χ0) is 57.8. The molecule has 14 nitrogen and oxygen atoms in total. The van der Waals surface area contributed by atoms with Gasteiger partial charge in [0.25, 0.3) is 0 Å². The average Bonchev–Trinajstić information content (AvgIpc) is 4.05. The lowest BCUT2D eigenvalue weighted by Crippen LogP contribution is -2.50. The van der Waals surface area contributed by atoms with E-state index in [9.17, 15) is 39.7 Å². The molecule has 0 aliphatic carbocycles. The summed E-state index contributed by atoms with van der Waals surface area (Å²) in [5, 5.41) is 64.4. The van der Waals surface area contributed by atoms with Crippen LogP contribution >= 0.6 is 0 Å². The highest BCUT2D eigenvalue weighted by atomic mass is 19.1. The minimum absolute atomic E-state index is 0.0262. The largest absolute Gasteiger partial charge is 0.388 e. The summed E-state index contributed by atoms with van der Waals surface area (Å²) >= 11 is 0. The van der Waals surface area contributed by atoms with Crippen LogP contribution in [0.3, 0.4) is 0 Å². The average molecular weight is 1110 g/mol. The Morgan fingerprint density at radius 1 is 0.434 bits per heavy atom. The van der Waals surface area contributed by atoms with E-state index in [1.807, 2.05) is 206 Å². The van der Waals surface area contributed by atoms with Crippen LogP contribution < -0.4 is 5.73 Å². The normalized spacial score (nSPS) is 21.0. The van der Waals surface area contributed by atoms with E-state index < -0.39 is 54.4 Å². The van der Waals surface area contributed by atoms with Crippen molar-refractivity contribution in [1.29, 1.82) is 5.26 Å². The predicted molar refractivity (Wildman–Crippen MR) is 317 cm³/mol. The molecule has 7 N–H and O–H groups in total. The third kappa shape index (κ3) is 13.6. The molecule has 0 bridgehead atoms. The molecule has 2 unspecified atom stereocenters. The molecule has 4 amide bonds. The second-order valence-corrected chi connectivity index (χ2v) is 21.5. The van der Waals surface area contributed by atoms with Crippen molar-refractivity contribution in [2.75, 3.05) is 5.73 Å². The van der Waals surface area contributed by atoms with E-state index in [0.717, 1.165) is 49.8 Å². The number of nitrogens with two attached hydrogens (primary N) is 1. The summed E-state index contributed by atoms with van der Waals surface area (Å²) in [5.41, 5.74) is 13.8. The highest BCUT2D eigenvalue weighted by Crippen LogP contribution is 2.33. The fourth-order valence-electron chi connectivity index (χ4n) is 11.5. The van der Waals surface area contributed by atoms with Crippen molar-refractivity contribution < 1.29 is 34.4 Å². The first-order valence-corrected chi connectivity index (χ1v) is 27.9. The minimum Gasteiger partial charge on any atom is -0.388 e. The summed E-state index contributed by atoms with van der Waals surface area (Å²) in [7, 11) is 0. The van der Waals surface area contributed by atoms with Crippen molar-refractivity contribution in [3.63, 3.8) is 0 Å². The number of aliphatic hydroxyl groups excluding tert-OH is 4. The van der Waals surface area contributed by atoms with E-state index >= 15 is 0 Å². The van der Waals surface area contributed by atoms with E-state index in [0.29, 0.717) is 43.6 Å². The summed E-state index contributed by atoms with van der Waals surface area (Å²) in [6.07, 6.45) is -3.45. The summed E-state index contributed by atoms with van der Waals surface area (Å²) in [5.74, 6) is -0.248. The Bertz CT molecular complexity index is 3600. The summed E-state index contributed by atoms with van der Waals surface area (Å²) in [4.78, 5) is 35.9. The molecule has 11 rings (SSSR count). The molecule has 1 aromatic heterocycles. The van der Waals surface area contributed by atoms with Gasteiger partial charge in [-0.2, -0.15) is 10.4 Å². The summed E-state index contributed by atoms with van der Waals surface area (Å²) < 4.78 is 14.1. The van der Waals surface area contributed by atoms with Crippen LogP contribution in [0.15, 0.2) is 218 Å². The number of rotatable bonds is 16. The van der Waals surface area contributed by atoms with Gasteiger partial charge in [-0.15, -0.1) is 0 Å². The Balaban J connectivity index is 0.000000185. The van der Waals surface area contributed by atoms with Crippen LogP contribution in [0.2, 0.25) is 0 Å². The molecule has 422 valence electrons. The van der Waals surface area contributed by atoms with E-state index in [4.69, 9.17) is 5.73 Å². The van der Waals surface area contributed by atoms with Gasteiger partial charge in [-0.1, -0.05) is 194 Å². The molecule has 2 aliphatic heterocycles. The number of H-pyrrole nitrogens is 1. The maximum atomic E-state index is 14.7. The first-order valence-electron chi connectivity index (χ1n) is 27.9. The third-order valence-electron chi connectivity index (χ3n) is 15.9. The van der Waals surface area contributed by atoms with Gasteiger partial charge in [-0.25, -0.2) is 14.0 Å². The van der Waals surface area contributed by atoms with E-state index in [2.05, 4.69) is 10.2 Å². The fraction of sp³-hybridized carbons (Fsp3) is 0.235. The van der Waals surface area contributed by atoms with Gasteiger partial charge in [0.15, 0.2) is 5.82 Å². The number of nitriles is 1. The lowest BCUT2D eigenvalue weighted by molar-refractivity contribution is -0.0408. The van der Waals surface area contributed by atoms with Gasteiger partial charge in [0, 0.05) is 31.6 Å². The van der Waals surface area contributed by atoms with E-state index in [-0.39, 0.29) is 37.3 Å². The number of carbonyl (C=O) groups excluding carboxylic acids is 2. The van der Waals surface area contributed by atoms with Crippen molar-refractivity contribution in [2.24, 2.45) is 0 Å². The Kier molecular flexibility index (Phi) is 18.3.